The minimum atomic E-state index is -0.525. The van der Waals surface area contributed by atoms with Crippen molar-refractivity contribution in [3.05, 3.63) is 0 Å². The van der Waals surface area contributed by atoms with Crippen LogP contribution in [0.5, 0.6) is 0 Å². The summed E-state index contributed by atoms with van der Waals surface area (Å²) in [5.41, 5.74) is -0.525. The Balaban J connectivity index is 1.48. The van der Waals surface area contributed by atoms with E-state index in [1.165, 1.54) is 0 Å². The average Bonchev–Trinajstić information content (AvgIpc) is 3.06. The Labute approximate surface area is 158 Å². The lowest BCUT2D eigenvalue weighted by atomic mass is 10.0. The van der Waals surface area contributed by atoms with Crippen LogP contribution in [0.2, 0.25) is 0 Å². The summed E-state index contributed by atoms with van der Waals surface area (Å²) in [4.78, 5) is 34.6. The van der Waals surface area contributed by atoms with E-state index in [1.54, 1.807) is 20.8 Å². The maximum absolute atomic E-state index is 11.8. The summed E-state index contributed by atoms with van der Waals surface area (Å²) < 4.78 is 5.11. The van der Waals surface area contributed by atoms with Crippen LogP contribution in [0.15, 0.2) is 0 Å². The number of fused-ring (bicyclic) bond motifs is 1. The van der Waals surface area contributed by atoms with Gasteiger partial charge in [-0.2, -0.15) is 11.8 Å². The SMILES string of the molecule is CC(C)(C)OC(=O)NCCNC(=O)CCCCC1SCC2NC(=O)NC21. The van der Waals surface area contributed by atoms with E-state index in [0.29, 0.717) is 24.8 Å². The molecule has 8 nitrogen and oxygen atoms in total. The minimum absolute atomic E-state index is 0.0104. The largest absolute Gasteiger partial charge is 0.444 e. The predicted octanol–water partition coefficient (Wildman–Crippen LogP) is 1.35. The highest BCUT2D eigenvalue weighted by Crippen LogP contribution is 2.33. The first-order valence-corrected chi connectivity index (χ1v) is 10.2. The van der Waals surface area contributed by atoms with Gasteiger partial charge in [-0.25, -0.2) is 9.59 Å². The molecule has 4 N–H and O–H groups in total. The van der Waals surface area contributed by atoms with Crippen LogP contribution >= 0.6 is 11.8 Å². The highest BCUT2D eigenvalue weighted by atomic mass is 32.2. The summed E-state index contributed by atoms with van der Waals surface area (Å²) in [5.74, 6) is 0.947. The van der Waals surface area contributed by atoms with Gasteiger partial charge in [-0.1, -0.05) is 6.42 Å². The van der Waals surface area contributed by atoms with Crippen molar-refractivity contribution < 1.29 is 19.1 Å². The van der Waals surface area contributed by atoms with E-state index in [-0.39, 0.29) is 24.0 Å². The smallest absolute Gasteiger partial charge is 0.407 e. The molecule has 2 rings (SSSR count). The molecule has 0 saturated carbocycles. The van der Waals surface area contributed by atoms with Gasteiger partial charge < -0.3 is 26.0 Å². The molecule has 3 unspecified atom stereocenters. The van der Waals surface area contributed by atoms with E-state index >= 15 is 0 Å². The van der Waals surface area contributed by atoms with Crippen LogP contribution in [0.1, 0.15) is 46.5 Å². The molecule has 148 valence electrons. The molecule has 0 radical (unpaired) electrons. The number of rotatable bonds is 8. The molecule has 0 bridgehead atoms. The lowest BCUT2D eigenvalue weighted by molar-refractivity contribution is -0.121. The number of carbonyl (C=O) groups is 3. The van der Waals surface area contributed by atoms with E-state index in [2.05, 4.69) is 21.3 Å². The number of carbonyl (C=O) groups excluding carboxylic acids is 3. The Morgan fingerprint density at radius 3 is 2.65 bits per heavy atom. The summed E-state index contributed by atoms with van der Waals surface area (Å²) in [6, 6.07) is 0.406. The van der Waals surface area contributed by atoms with Crippen LogP contribution in [0.3, 0.4) is 0 Å². The Bertz CT molecular complexity index is 523. The minimum Gasteiger partial charge on any atom is -0.444 e. The van der Waals surface area contributed by atoms with Crippen LogP contribution in [0, 0.1) is 0 Å². The second kappa shape index (κ2) is 9.34. The molecule has 26 heavy (non-hydrogen) atoms. The Morgan fingerprint density at radius 1 is 1.19 bits per heavy atom. The first-order valence-electron chi connectivity index (χ1n) is 9.17. The number of amides is 4. The molecule has 2 saturated heterocycles. The van der Waals surface area contributed by atoms with Crippen molar-refractivity contribution in [1.82, 2.24) is 21.3 Å². The second-order valence-corrected chi connectivity index (χ2v) is 8.92. The molecule has 2 aliphatic heterocycles. The van der Waals surface area contributed by atoms with E-state index in [9.17, 15) is 14.4 Å². The summed E-state index contributed by atoms with van der Waals surface area (Å²) in [5, 5.41) is 11.7. The molecular formula is C17H30N4O4S. The van der Waals surface area contributed by atoms with Crippen molar-refractivity contribution in [2.45, 2.75) is 69.4 Å². The summed E-state index contributed by atoms with van der Waals surface area (Å²) >= 11 is 1.89. The fraction of sp³-hybridized carbons (Fsp3) is 0.824. The van der Waals surface area contributed by atoms with Crippen LogP contribution in [-0.2, 0) is 9.53 Å². The third-order valence-corrected chi connectivity index (χ3v) is 5.70. The summed E-state index contributed by atoms with van der Waals surface area (Å²) in [6.07, 6.45) is 2.78. The second-order valence-electron chi connectivity index (χ2n) is 7.65. The number of hydrogen-bond donors (Lipinski definition) is 4. The van der Waals surface area contributed by atoms with Gasteiger partial charge in [0.25, 0.3) is 0 Å². The molecule has 0 aromatic heterocycles. The number of nitrogens with one attached hydrogen (secondary N) is 4. The van der Waals surface area contributed by atoms with E-state index in [4.69, 9.17) is 4.74 Å². The monoisotopic (exact) mass is 386 g/mol. The fourth-order valence-electron chi connectivity index (χ4n) is 3.04. The van der Waals surface area contributed by atoms with E-state index < -0.39 is 11.7 Å². The quantitative estimate of drug-likeness (QED) is 0.372. The van der Waals surface area contributed by atoms with Crippen LogP contribution in [-0.4, -0.2) is 59.8 Å². The van der Waals surface area contributed by atoms with Crippen molar-refractivity contribution in [2.75, 3.05) is 18.8 Å². The molecule has 9 heteroatoms. The number of unbranched alkanes of at least 4 members (excludes halogenated alkanes) is 1. The standard InChI is InChI=1S/C17H30N4O4S/c1-17(2,3)25-16(24)19-9-8-18-13(22)7-5-4-6-12-14-11(10-26-12)20-15(23)21-14/h11-12,14H,4-10H2,1-3H3,(H,18,22)(H,19,24)(H2,20,21,23). The molecule has 2 aliphatic rings. The molecule has 2 fully saturated rings. The number of thioether (sulfide) groups is 1. The van der Waals surface area contributed by atoms with Crippen molar-refractivity contribution in [3.8, 4) is 0 Å². The molecular weight excluding hydrogens is 356 g/mol. The first kappa shape index (κ1) is 20.7. The van der Waals surface area contributed by atoms with Crippen molar-refractivity contribution in [3.63, 3.8) is 0 Å². The van der Waals surface area contributed by atoms with Gasteiger partial charge in [-0.05, 0) is 33.6 Å². The normalized spacial score (nSPS) is 24.4. The average molecular weight is 387 g/mol. The van der Waals surface area contributed by atoms with Crippen molar-refractivity contribution in [1.29, 1.82) is 0 Å². The van der Waals surface area contributed by atoms with Crippen LogP contribution in [0.25, 0.3) is 0 Å². The van der Waals surface area contributed by atoms with Gasteiger partial charge in [0.15, 0.2) is 0 Å². The van der Waals surface area contributed by atoms with E-state index in [0.717, 1.165) is 25.0 Å². The Morgan fingerprint density at radius 2 is 1.92 bits per heavy atom. The molecule has 3 atom stereocenters. The number of ether oxygens (including phenoxy) is 1. The van der Waals surface area contributed by atoms with Gasteiger partial charge in [0, 0.05) is 30.5 Å². The fourth-order valence-corrected chi connectivity index (χ4v) is 4.59. The predicted molar refractivity (Wildman–Crippen MR) is 101 cm³/mol. The zero-order valence-electron chi connectivity index (χ0n) is 15.7. The molecule has 0 aromatic rings. The van der Waals surface area contributed by atoms with Crippen molar-refractivity contribution in [2.24, 2.45) is 0 Å². The van der Waals surface area contributed by atoms with Gasteiger partial charge in [-0.3, -0.25) is 4.79 Å². The van der Waals surface area contributed by atoms with Gasteiger partial charge >= 0.3 is 12.1 Å². The number of urea groups is 1. The van der Waals surface area contributed by atoms with Gasteiger partial charge in [0.1, 0.15) is 5.60 Å². The topological polar surface area (TPSA) is 109 Å². The van der Waals surface area contributed by atoms with Gasteiger partial charge in [-0.15, -0.1) is 0 Å². The maximum atomic E-state index is 11.8. The highest BCUT2D eigenvalue weighted by Gasteiger charge is 2.42. The first-order chi connectivity index (χ1) is 12.2. The lowest BCUT2D eigenvalue weighted by Gasteiger charge is -2.19. The molecule has 0 spiro atoms. The third-order valence-electron chi connectivity index (χ3n) is 4.20. The van der Waals surface area contributed by atoms with Crippen molar-refractivity contribution >= 4 is 29.8 Å². The number of hydrogen-bond acceptors (Lipinski definition) is 5. The van der Waals surface area contributed by atoms with Gasteiger partial charge in [0.05, 0.1) is 12.1 Å². The zero-order chi connectivity index (χ0) is 19.2. The highest BCUT2D eigenvalue weighted by molar-refractivity contribution is 8.00. The number of alkyl carbamates (subject to hydrolysis) is 1. The Hall–Kier alpha value is -1.64. The summed E-state index contributed by atoms with van der Waals surface area (Å²) in [6.45, 7) is 6.13. The molecule has 0 aliphatic carbocycles. The lowest BCUT2D eigenvalue weighted by Crippen LogP contribution is -2.37. The molecule has 4 amide bonds. The maximum Gasteiger partial charge on any atom is 0.407 e. The molecule has 2 heterocycles. The van der Waals surface area contributed by atoms with Crippen LogP contribution < -0.4 is 21.3 Å². The molecule has 0 aromatic carbocycles. The Kier molecular flexibility index (Phi) is 7.43. The summed E-state index contributed by atoms with van der Waals surface area (Å²) in [7, 11) is 0. The van der Waals surface area contributed by atoms with Crippen LogP contribution in [0.4, 0.5) is 9.59 Å². The third kappa shape index (κ3) is 6.93. The zero-order valence-corrected chi connectivity index (χ0v) is 16.5. The van der Waals surface area contributed by atoms with Gasteiger partial charge in [0.2, 0.25) is 5.91 Å². The van der Waals surface area contributed by atoms with E-state index in [1.807, 2.05) is 11.8 Å².